The summed E-state index contributed by atoms with van der Waals surface area (Å²) in [6, 6.07) is 10.3. The summed E-state index contributed by atoms with van der Waals surface area (Å²) < 4.78 is 27.7. The molecule has 0 saturated heterocycles. The Morgan fingerprint density at radius 2 is 1.83 bits per heavy atom. The number of carbonyl (C=O) groups is 1. The molecule has 0 N–H and O–H groups in total. The van der Waals surface area contributed by atoms with E-state index in [0.29, 0.717) is 18.8 Å². The Morgan fingerprint density at radius 3 is 2.17 bits per heavy atom. The van der Waals surface area contributed by atoms with Gasteiger partial charge in [-0.1, -0.05) is 49.7 Å². The molecule has 0 radical (unpaired) electrons. The summed E-state index contributed by atoms with van der Waals surface area (Å²) in [5, 5.41) is 0. The number of rotatable bonds is 3. The minimum atomic E-state index is -3.57. The highest BCUT2D eigenvalue weighted by Crippen LogP contribution is 2.64. The fraction of sp³-hybridized carbons (Fsp3) is 0.611. The number of benzene rings is 1. The van der Waals surface area contributed by atoms with Crippen LogP contribution >= 0.6 is 0 Å². The number of carbonyl (C=O) groups excluding carboxylic acids is 1. The molecule has 0 spiro atoms. The standard InChI is InChI=1S/C11H18O4S.C7H8/c1-10(2)8-4-5-11(10,9(12)6-8)7-16(13,14)15-3;1-7-5-3-2-4-6-7/h8H,4-7H2,1-3H3;2-6H,1H3. The number of ketones is 1. The predicted octanol–water partition coefficient (Wildman–Crippen LogP) is 3.35. The first-order valence-electron chi connectivity index (χ1n) is 7.98. The molecule has 23 heavy (non-hydrogen) atoms. The average Bonchev–Trinajstić information content (AvgIpc) is 2.82. The first kappa shape index (κ1) is 18.1. The first-order valence-corrected chi connectivity index (χ1v) is 9.55. The van der Waals surface area contributed by atoms with Crippen molar-refractivity contribution in [2.24, 2.45) is 16.7 Å². The normalized spacial score (nSPS) is 28.3. The maximum Gasteiger partial charge on any atom is 0.268 e. The van der Waals surface area contributed by atoms with Crippen molar-refractivity contribution in [2.75, 3.05) is 12.9 Å². The Labute approximate surface area is 139 Å². The van der Waals surface area contributed by atoms with Crippen molar-refractivity contribution in [3.05, 3.63) is 35.9 Å². The Morgan fingerprint density at radius 1 is 1.22 bits per heavy atom. The van der Waals surface area contributed by atoms with Crippen LogP contribution in [0.25, 0.3) is 0 Å². The molecule has 3 rings (SSSR count). The summed E-state index contributed by atoms with van der Waals surface area (Å²) in [7, 11) is -2.41. The molecule has 5 heteroatoms. The second-order valence-corrected chi connectivity index (χ2v) is 8.93. The predicted molar refractivity (Wildman–Crippen MR) is 90.5 cm³/mol. The smallest absolute Gasteiger partial charge is 0.268 e. The zero-order valence-electron chi connectivity index (χ0n) is 14.3. The van der Waals surface area contributed by atoms with E-state index in [4.69, 9.17) is 0 Å². The monoisotopic (exact) mass is 338 g/mol. The molecule has 4 nitrogen and oxygen atoms in total. The second kappa shape index (κ2) is 6.36. The topological polar surface area (TPSA) is 60.4 Å². The lowest BCUT2D eigenvalue weighted by atomic mass is 9.70. The molecule has 128 valence electrons. The largest absolute Gasteiger partial charge is 0.299 e. The minimum Gasteiger partial charge on any atom is -0.299 e. The summed E-state index contributed by atoms with van der Waals surface area (Å²) in [6.45, 7) is 6.11. The van der Waals surface area contributed by atoms with E-state index in [1.54, 1.807) is 0 Å². The maximum absolute atomic E-state index is 12.0. The Bertz CT molecular complexity index is 664. The lowest BCUT2D eigenvalue weighted by Gasteiger charge is -2.35. The van der Waals surface area contributed by atoms with Crippen molar-refractivity contribution in [3.8, 4) is 0 Å². The lowest BCUT2D eigenvalue weighted by molar-refractivity contribution is -0.128. The van der Waals surface area contributed by atoms with Crippen LogP contribution < -0.4 is 0 Å². The van der Waals surface area contributed by atoms with Gasteiger partial charge in [0.25, 0.3) is 10.1 Å². The summed E-state index contributed by atoms with van der Waals surface area (Å²) in [6.07, 6.45) is 2.18. The summed E-state index contributed by atoms with van der Waals surface area (Å²) in [5.74, 6) is 0.292. The number of aryl methyl sites for hydroxylation is 1. The molecule has 1 aromatic carbocycles. The third-order valence-electron chi connectivity index (χ3n) is 5.76. The van der Waals surface area contributed by atoms with Gasteiger partial charge in [-0.3, -0.25) is 8.98 Å². The number of hydrogen-bond donors (Lipinski definition) is 0. The van der Waals surface area contributed by atoms with Gasteiger partial charge in [0, 0.05) is 6.42 Å². The molecule has 0 heterocycles. The fourth-order valence-corrected chi connectivity index (χ4v) is 5.40. The zero-order chi connectivity index (χ0) is 17.3. The van der Waals surface area contributed by atoms with Gasteiger partial charge in [-0.15, -0.1) is 0 Å². The Kier molecular flexibility index (Phi) is 5.02. The van der Waals surface area contributed by atoms with Gasteiger partial charge in [0.15, 0.2) is 0 Å². The third kappa shape index (κ3) is 3.36. The van der Waals surface area contributed by atoms with E-state index in [9.17, 15) is 13.2 Å². The van der Waals surface area contributed by atoms with Gasteiger partial charge in [0.05, 0.1) is 18.3 Å². The summed E-state index contributed by atoms with van der Waals surface area (Å²) in [5.41, 5.74) is 0.407. The maximum atomic E-state index is 12.0. The molecular weight excluding hydrogens is 312 g/mol. The fourth-order valence-electron chi connectivity index (χ4n) is 4.00. The molecular formula is C18H26O4S. The molecule has 2 unspecified atom stereocenters. The van der Waals surface area contributed by atoms with E-state index < -0.39 is 15.5 Å². The summed E-state index contributed by atoms with van der Waals surface area (Å²) >= 11 is 0. The number of Topliss-reactive ketones (excluding diaryl/α,β-unsaturated/α-hetero) is 1. The molecule has 2 bridgehead atoms. The van der Waals surface area contributed by atoms with Crippen molar-refractivity contribution >= 4 is 15.9 Å². The minimum absolute atomic E-state index is 0.106. The van der Waals surface area contributed by atoms with Crippen LogP contribution in [0.4, 0.5) is 0 Å². The van der Waals surface area contributed by atoms with Crippen molar-refractivity contribution in [2.45, 2.75) is 40.0 Å². The van der Waals surface area contributed by atoms with E-state index in [0.717, 1.165) is 13.5 Å². The van der Waals surface area contributed by atoms with Gasteiger partial charge in [-0.05, 0) is 31.1 Å². The van der Waals surface area contributed by atoms with Gasteiger partial charge in [-0.2, -0.15) is 8.42 Å². The van der Waals surface area contributed by atoms with Crippen molar-refractivity contribution in [1.82, 2.24) is 0 Å². The van der Waals surface area contributed by atoms with E-state index in [1.165, 1.54) is 5.56 Å². The van der Waals surface area contributed by atoms with Crippen molar-refractivity contribution in [1.29, 1.82) is 0 Å². The van der Waals surface area contributed by atoms with E-state index in [2.05, 4.69) is 23.2 Å². The van der Waals surface area contributed by atoms with Gasteiger partial charge >= 0.3 is 0 Å². The summed E-state index contributed by atoms with van der Waals surface area (Å²) in [4.78, 5) is 12.0. The molecule has 2 fully saturated rings. The molecule has 2 aliphatic carbocycles. The van der Waals surface area contributed by atoms with Crippen molar-refractivity contribution in [3.63, 3.8) is 0 Å². The molecule has 1 aromatic rings. The van der Waals surface area contributed by atoms with Crippen LogP contribution in [0.15, 0.2) is 30.3 Å². The molecule has 2 saturated carbocycles. The molecule has 0 amide bonds. The molecule has 2 atom stereocenters. The number of fused-ring (bicyclic) bond motifs is 2. The molecule has 2 aliphatic rings. The molecule has 0 aromatic heterocycles. The molecule has 0 aliphatic heterocycles. The van der Waals surface area contributed by atoms with Gasteiger partial charge in [-0.25, -0.2) is 0 Å². The first-order chi connectivity index (χ1) is 10.6. The van der Waals surface area contributed by atoms with Crippen LogP contribution in [-0.4, -0.2) is 27.1 Å². The van der Waals surface area contributed by atoms with Crippen LogP contribution in [-0.2, 0) is 19.1 Å². The quantitative estimate of drug-likeness (QED) is 0.793. The van der Waals surface area contributed by atoms with Gasteiger partial charge in [0.1, 0.15) is 5.78 Å². The van der Waals surface area contributed by atoms with Crippen LogP contribution in [0.2, 0.25) is 0 Å². The van der Waals surface area contributed by atoms with E-state index in [1.807, 2.05) is 32.0 Å². The number of hydrogen-bond acceptors (Lipinski definition) is 4. The highest BCUT2D eigenvalue weighted by atomic mass is 32.2. The van der Waals surface area contributed by atoms with Gasteiger partial charge in [0.2, 0.25) is 0 Å². The Balaban J connectivity index is 0.000000229. The van der Waals surface area contributed by atoms with Crippen LogP contribution in [0.5, 0.6) is 0 Å². The van der Waals surface area contributed by atoms with E-state index >= 15 is 0 Å². The average molecular weight is 338 g/mol. The SMILES string of the molecule is COS(=O)(=O)CC12CCC(CC1=O)C2(C)C.Cc1ccccc1. The lowest BCUT2D eigenvalue weighted by Crippen LogP contribution is -2.42. The zero-order valence-corrected chi connectivity index (χ0v) is 15.2. The highest BCUT2D eigenvalue weighted by molar-refractivity contribution is 7.86. The van der Waals surface area contributed by atoms with Crippen LogP contribution in [0.3, 0.4) is 0 Å². The van der Waals surface area contributed by atoms with Crippen molar-refractivity contribution < 1.29 is 17.4 Å². The Hall–Kier alpha value is -1.20. The van der Waals surface area contributed by atoms with Gasteiger partial charge < -0.3 is 0 Å². The third-order valence-corrected chi connectivity index (χ3v) is 7.11. The highest BCUT2D eigenvalue weighted by Gasteiger charge is 2.65. The van der Waals surface area contributed by atoms with Crippen LogP contribution in [0.1, 0.15) is 38.7 Å². The second-order valence-electron chi connectivity index (χ2n) is 7.19. The van der Waals surface area contributed by atoms with Crippen LogP contribution in [0, 0.1) is 23.7 Å². The van der Waals surface area contributed by atoms with E-state index in [-0.39, 0.29) is 17.0 Å².